The topological polar surface area (TPSA) is 240 Å². The fourth-order valence-electron chi connectivity index (χ4n) is 4.72. The van der Waals surface area contributed by atoms with Crippen LogP contribution in [0, 0.1) is 0 Å². The lowest BCUT2D eigenvalue weighted by Crippen LogP contribution is -2.38. The van der Waals surface area contributed by atoms with Gasteiger partial charge in [-0.3, -0.25) is 28.0 Å². The molecule has 10 atom stereocenters. The van der Waals surface area contributed by atoms with Gasteiger partial charge in [0.05, 0.1) is 19.5 Å². The molecule has 3 aliphatic heterocycles. The Hall–Kier alpha value is -2.55. The van der Waals surface area contributed by atoms with Crippen LogP contribution in [0.2, 0.25) is 0 Å². The lowest BCUT2D eigenvalue weighted by atomic mass is 10.1. The Kier molecular flexibility index (Phi) is 7.64. The second kappa shape index (κ2) is 10.9. The molecule has 3 aromatic rings. The maximum atomic E-state index is 15.8. The quantitative estimate of drug-likeness (QED) is 0.279. The summed E-state index contributed by atoms with van der Waals surface area (Å²) in [5.41, 5.74) is 4.15. The number of halogens is 2. The number of phosphoric acid groups is 1. The van der Waals surface area contributed by atoms with E-state index in [-0.39, 0.29) is 17.0 Å². The second-order valence-electron chi connectivity index (χ2n) is 9.27. The van der Waals surface area contributed by atoms with Crippen LogP contribution in [0.15, 0.2) is 34.5 Å². The minimum Gasteiger partial charge on any atom is -0.756 e. The van der Waals surface area contributed by atoms with Gasteiger partial charge in [-0.25, -0.2) is 28.5 Å². The molecule has 6 heterocycles. The predicted octanol–water partition coefficient (Wildman–Crippen LogP) is -1.07. The van der Waals surface area contributed by atoms with Crippen molar-refractivity contribution in [3.63, 3.8) is 0 Å². The molecule has 23 heteroatoms. The van der Waals surface area contributed by atoms with Crippen molar-refractivity contribution >= 4 is 43.3 Å². The summed E-state index contributed by atoms with van der Waals surface area (Å²) in [6, 6.07) is 0.914. The number of anilines is 1. The van der Waals surface area contributed by atoms with E-state index in [1.807, 2.05) is 4.98 Å². The lowest BCUT2D eigenvalue weighted by Gasteiger charge is -2.30. The molecule has 228 valence electrons. The molecule has 0 aromatic carbocycles. The summed E-state index contributed by atoms with van der Waals surface area (Å²) in [4.78, 5) is 61.2. The van der Waals surface area contributed by atoms with Crippen LogP contribution in [0.1, 0.15) is 12.5 Å². The number of hydrogen-bond acceptors (Lipinski definition) is 15. The van der Waals surface area contributed by atoms with Crippen molar-refractivity contribution in [2.75, 3.05) is 18.9 Å². The number of nitrogens with zero attached hydrogens (tertiary/aromatic N) is 5. The van der Waals surface area contributed by atoms with E-state index in [4.69, 9.17) is 45.1 Å². The van der Waals surface area contributed by atoms with Gasteiger partial charge in [0.25, 0.3) is 13.4 Å². The summed E-state index contributed by atoms with van der Waals surface area (Å²) in [5.74, 6) is 0.00319. The van der Waals surface area contributed by atoms with Crippen molar-refractivity contribution in [2.24, 2.45) is 0 Å². The normalized spacial score (nSPS) is 39.3. The molecule has 0 amide bonds. The average molecular weight is 654 g/mol. The molecule has 42 heavy (non-hydrogen) atoms. The van der Waals surface area contributed by atoms with E-state index in [9.17, 15) is 23.9 Å². The maximum absolute atomic E-state index is 15.8. The highest BCUT2D eigenvalue weighted by molar-refractivity contribution is 8.07. The van der Waals surface area contributed by atoms with Gasteiger partial charge in [-0.2, -0.15) is 0 Å². The summed E-state index contributed by atoms with van der Waals surface area (Å²) in [6.07, 6.45) is -11.4. The molecule has 2 bridgehead atoms. The molecule has 3 fully saturated rings. The molecule has 18 nitrogen and oxygen atoms in total. The molecular weight excluding hydrogens is 634 g/mol. The fourth-order valence-corrected chi connectivity index (χ4v) is 7.07. The number of hydrogen-bond donors (Lipinski definition) is 3. The third-order valence-electron chi connectivity index (χ3n) is 6.62. The highest BCUT2D eigenvalue weighted by atomic mass is 32.5. The number of nitrogens with one attached hydrogen (secondary N) is 1. The molecule has 3 aliphatic rings. The van der Waals surface area contributed by atoms with Gasteiger partial charge >= 0.3 is 12.4 Å². The van der Waals surface area contributed by atoms with Crippen molar-refractivity contribution in [3.8, 4) is 0 Å². The summed E-state index contributed by atoms with van der Waals surface area (Å²) >= 11 is 5.01. The number of aromatic nitrogens is 6. The maximum Gasteiger partial charge on any atom is 0.330 e. The number of ether oxygens (including phenoxy) is 2. The van der Waals surface area contributed by atoms with Crippen molar-refractivity contribution in [3.05, 3.63) is 45.8 Å². The van der Waals surface area contributed by atoms with E-state index in [1.165, 1.54) is 0 Å². The van der Waals surface area contributed by atoms with Crippen LogP contribution in [-0.4, -0.2) is 83.9 Å². The molecule has 0 spiro atoms. The van der Waals surface area contributed by atoms with Gasteiger partial charge in [-0.1, -0.05) is 0 Å². The number of phosphoric ester groups is 1. The van der Waals surface area contributed by atoms with Gasteiger partial charge in [-0.15, -0.1) is 0 Å². The Labute approximate surface area is 237 Å². The monoisotopic (exact) mass is 654 g/mol. The van der Waals surface area contributed by atoms with E-state index in [0.717, 1.165) is 29.5 Å². The number of nitrogens with two attached hydrogens (primary N) is 1. The minimum absolute atomic E-state index is 0.00319. The van der Waals surface area contributed by atoms with Crippen molar-refractivity contribution in [1.82, 2.24) is 29.1 Å². The van der Waals surface area contributed by atoms with Crippen LogP contribution in [0.4, 0.5) is 14.6 Å². The Balaban J connectivity index is 1.31. The van der Waals surface area contributed by atoms with Gasteiger partial charge in [0.2, 0.25) is 0 Å². The Morgan fingerprint density at radius 2 is 1.79 bits per heavy atom. The third kappa shape index (κ3) is 5.46. The number of fused-ring (bicyclic) bond motifs is 4. The number of alkyl halides is 2. The second-order valence-corrected chi connectivity index (χ2v) is 13.4. The van der Waals surface area contributed by atoms with E-state index >= 15 is 8.78 Å². The molecule has 0 aliphatic carbocycles. The number of H-pyrrole nitrogens is 1. The molecule has 0 radical (unpaired) electrons. The van der Waals surface area contributed by atoms with Gasteiger partial charge in [0.15, 0.2) is 36.3 Å². The van der Waals surface area contributed by atoms with Crippen LogP contribution in [-0.2, 0) is 43.9 Å². The zero-order valence-corrected chi connectivity index (χ0v) is 23.3. The van der Waals surface area contributed by atoms with E-state index in [0.29, 0.717) is 4.57 Å². The number of nitrogen functional groups attached to an aromatic ring is 1. The summed E-state index contributed by atoms with van der Waals surface area (Å²) in [5, 5.41) is 0. The van der Waals surface area contributed by atoms with Gasteiger partial charge in [0.1, 0.15) is 36.3 Å². The van der Waals surface area contributed by atoms with Gasteiger partial charge < -0.3 is 38.6 Å². The Morgan fingerprint density at radius 1 is 1.05 bits per heavy atom. The van der Waals surface area contributed by atoms with Crippen LogP contribution < -0.4 is 21.9 Å². The van der Waals surface area contributed by atoms with Crippen molar-refractivity contribution in [2.45, 2.75) is 49.2 Å². The van der Waals surface area contributed by atoms with Gasteiger partial charge in [0, 0.05) is 12.3 Å². The first-order valence-corrected chi connectivity index (χ1v) is 16.0. The molecule has 6 rings (SSSR count). The number of imidazole rings is 1. The van der Waals surface area contributed by atoms with E-state index < -0.39 is 88.2 Å². The average Bonchev–Trinajstić information content (AvgIpc) is 3.57. The number of aromatic amines is 1. The van der Waals surface area contributed by atoms with E-state index in [2.05, 4.69) is 15.0 Å². The fraction of sp³-hybridized carbons (Fsp3) is 0.526. The highest BCUT2D eigenvalue weighted by Gasteiger charge is 2.53. The van der Waals surface area contributed by atoms with Crippen LogP contribution in [0.25, 0.3) is 11.2 Å². The predicted molar refractivity (Wildman–Crippen MR) is 134 cm³/mol. The smallest absolute Gasteiger partial charge is 0.330 e. The van der Waals surface area contributed by atoms with E-state index in [1.54, 1.807) is 0 Å². The Bertz CT molecular complexity index is 1730. The number of rotatable bonds is 2. The highest BCUT2D eigenvalue weighted by Crippen LogP contribution is 2.53. The zero-order chi connectivity index (χ0) is 30.0. The minimum atomic E-state index is -5.44. The first-order valence-electron chi connectivity index (χ1n) is 12.0. The molecule has 0 saturated carbocycles. The first-order chi connectivity index (χ1) is 19.8. The molecule has 4 N–H and O–H groups in total. The lowest BCUT2D eigenvalue weighted by molar-refractivity contribution is -0.236. The van der Waals surface area contributed by atoms with Crippen LogP contribution in [0.5, 0.6) is 0 Å². The molecule has 3 saturated heterocycles. The summed E-state index contributed by atoms with van der Waals surface area (Å²) in [6.45, 7) is -6.15. The SMILES string of the molecule is Nc1ncnc2c1ncn2[C@@H]1O[C@@H]2COP(=O)([O-])O[C@@H]3[C@H](F)[C@@H](COP(O)(=S)O[C@H]2[C@H]1F)O[C@H]3n1ccc(=O)[nH]c1=O. The van der Waals surface area contributed by atoms with Gasteiger partial charge in [-0.05, 0) is 11.8 Å². The third-order valence-corrected chi connectivity index (χ3v) is 9.15. The van der Waals surface area contributed by atoms with Crippen LogP contribution >= 0.6 is 14.5 Å². The molecule has 3 aromatic heterocycles. The van der Waals surface area contributed by atoms with Crippen molar-refractivity contribution < 1.29 is 50.7 Å². The zero-order valence-electron chi connectivity index (χ0n) is 20.7. The summed E-state index contributed by atoms with van der Waals surface area (Å²) in [7, 11) is -5.44. The first kappa shape index (κ1) is 29.5. The standard InChI is InChI=1S/C19H21F2N7O11P2S/c20-10-7-3-35-41(33,42)39-13-8(37-17(11(13)21)28-6-25-12-15(22)23-5-24-16(12)28)4-34-40(31,32)38-14(10)18(36-7)27-2-1-9(29)26-19(27)30/h1-2,5-8,10-11,13-14,17-18H,3-4H2,(H,31,32)(H,33,42)(H2,22,23,24)(H,26,29,30)/p-1/t7-,8-,10-,11-,13-,14-,17-,18-,41?/m1/s1. The largest absolute Gasteiger partial charge is 0.756 e. The molecular formula is C19H20F2N7O11P2S-. The molecule has 2 unspecified atom stereocenters. The Morgan fingerprint density at radius 3 is 2.55 bits per heavy atom. The van der Waals surface area contributed by atoms with Crippen molar-refractivity contribution in [1.29, 1.82) is 0 Å². The summed E-state index contributed by atoms with van der Waals surface area (Å²) < 4.78 is 77.6. The van der Waals surface area contributed by atoms with Crippen LogP contribution in [0.3, 0.4) is 0 Å².